The fraction of sp³-hybridized carbons (Fsp3) is 0.235. The lowest BCUT2D eigenvalue weighted by Gasteiger charge is -2.13. The molecule has 2 aromatic rings. The van der Waals surface area contributed by atoms with E-state index in [1.54, 1.807) is 6.07 Å². The molecule has 0 aliphatic carbocycles. The third-order valence-corrected chi connectivity index (χ3v) is 5.72. The number of aryl methyl sites for hydroxylation is 1. The first-order valence-electron chi connectivity index (χ1n) is 7.68. The zero-order valence-electron chi connectivity index (χ0n) is 14.2. The van der Waals surface area contributed by atoms with Crippen molar-refractivity contribution in [1.82, 2.24) is 4.72 Å². The van der Waals surface area contributed by atoms with E-state index < -0.39 is 22.5 Å². The first-order valence-corrected chi connectivity index (χ1v) is 10.3. The van der Waals surface area contributed by atoms with Gasteiger partial charge in [-0.1, -0.05) is 30.7 Å². The molecule has 140 valence electrons. The molecule has 0 bridgehead atoms. The number of amides is 1. The highest BCUT2D eigenvalue weighted by molar-refractivity contribution is 9.10. The van der Waals surface area contributed by atoms with Crippen LogP contribution in [0.3, 0.4) is 0 Å². The summed E-state index contributed by atoms with van der Waals surface area (Å²) in [5.41, 5.74) is 1.67. The quantitative estimate of drug-likeness (QED) is 0.660. The van der Waals surface area contributed by atoms with Crippen LogP contribution >= 0.6 is 27.5 Å². The molecule has 0 unspecified atom stereocenters. The lowest BCUT2D eigenvalue weighted by atomic mass is 10.1. The Labute approximate surface area is 166 Å². The molecule has 2 N–H and O–H groups in total. The number of halogens is 2. The number of hydrogen-bond donors (Lipinski definition) is 2. The van der Waals surface area contributed by atoms with E-state index in [1.807, 2.05) is 25.1 Å². The normalized spacial score (nSPS) is 11.2. The van der Waals surface area contributed by atoms with Gasteiger partial charge in [-0.25, -0.2) is 13.1 Å². The molecule has 0 saturated carbocycles. The minimum Gasteiger partial charge on any atom is -0.494 e. The Bertz CT molecular complexity index is 919. The summed E-state index contributed by atoms with van der Waals surface area (Å²) in [6.45, 7) is 1.58. The summed E-state index contributed by atoms with van der Waals surface area (Å²) in [7, 11) is -2.65. The van der Waals surface area contributed by atoms with E-state index in [9.17, 15) is 13.2 Å². The second kappa shape index (κ2) is 8.85. The fourth-order valence-electron chi connectivity index (χ4n) is 2.25. The van der Waals surface area contributed by atoms with Crippen molar-refractivity contribution in [3.05, 3.63) is 51.5 Å². The molecule has 1 amide bonds. The Balaban J connectivity index is 2.11. The van der Waals surface area contributed by atoms with Gasteiger partial charge in [-0.15, -0.1) is 0 Å². The molecule has 2 aromatic carbocycles. The van der Waals surface area contributed by atoms with E-state index in [2.05, 4.69) is 26.0 Å². The maximum absolute atomic E-state index is 12.5. The largest absolute Gasteiger partial charge is 0.494 e. The number of hydrogen-bond acceptors (Lipinski definition) is 4. The number of benzene rings is 2. The van der Waals surface area contributed by atoms with Gasteiger partial charge in [0.05, 0.1) is 18.1 Å². The maximum atomic E-state index is 12.5. The van der Waals surface area contributed by atoms with Crippen LogP contribution in [0.1, 0.15) is 12.5 Å². The number of sulfonamides is 1. The number of ether oxygens (including phenoxy) is 1. The second-order valence-electron chi connectivity index (χ2n) is 5.35. The first-order chi connectivity index (χ1) is 12.3. The van der Waals surface area contributed by atoms with Crippen LogP contribution in [0.2, 0.25) is 5.02 Å². The smallest absolute Gasteiger partial charge is 0.244 e. The monoisotopic (exact) mass is 460 g/mol. The van der Waals surface area contributed by atoms with E-state index in [4.69, 9.17) is 16.3 Å². The lowest BCUT2D eigenvalue weighted by molar-refractivity contribution is -0.115. The number of anilines is 1. The summed E-state index contributed by atoms with van der Waals surface area (Å²) in [6, 6.07) is 10.1. The topological polar surface area (TPSA) is 84.5 Å². The second-order valence-corrected chi connectivity index (χ2v) is 8.37. The van der Waals surface area contributed by atoms with Crippen molar-refractivity contribution in [3.8, 4) is 5.75 Å². The van der Waals surface area contributed by atoms with Gasteiger partial charge in [-0.05, 0) is 52.2 Å². The van der Waals surface area contributed by atoms with Crippen molar-refractivity contribution in [2.45, 2.75) is 18.2 Å². The highest BCUT2D eigenvalue weighted by atomic mass is 79.9. The number of methoxy groups -OCH3 is 1. The van der Waals surface area contributed by atoms with Crippen molar-refractivity contribution in [3.63, 3.8) is 0 Å². The SMILES string of the molecule is CCc1cccc(NC(=O)CNS(=O)(=O)c2cc(Cl)cc(Br)c2OC)c1. The van der Waals surface area contributed by atoms with E-state index in [0.717, 1.165) is 12.0 Å². The van der Waals surface area contributed by atoms with Gasteiger partial charge in [0.15, 0.2) is 5.75 Å². The maximum Gasteiger partial charge on any atom is 0.244 e. The molecule has 0 aliphatic heterocycles. The average Bonchev–Trinajstić information content (AvgIpc) is 2.59. The highest BCUT2D eigenvalue weighted by Crippen LogP contribution is 2.35. The fourth-order valence-corrected chi connectivity index (χ4v) is 4.61. The highest BCUT2D eigenvalue weighted by Gasteiger charge is 2.23. The van der Waals surface area contributed by atoms with E-state index >= 15 is 0 Å². The van der Waals surface area contributed by atoms with Crippen LogP contribution in [0, 0.1) is 0 Å². The Kier molecular flexibility index (Phi) is 7.05. The Morgan fingerprint density at radius 1 is 1.27 bits per heavy atom. The summed E-state index contributed by atoms with van der Waals surface area (Å²) in [6.07, 6.45) is 0.833. The predicted octanol–water partition coefficient (Wildman–Crippen LogP) is 3.59. The Morgan fingerprint density at radius 3 is 2.65 bits per heavy atom. The number of carbonyl (C=O) groups is 1. The van der Waals surface area contributed by atoms with E-state index in [-0.39, 0.29) is 15.7 Å². The Morgan fingerprint density at radius 2 is 2.00 bits per heavy atom. The minimum atomic E-state index is -4.00. The van der Waals surface area contributed by atoms with Crippen LogP contribution in [0.15, 0.2) is 45.8 Å². The van der Waals surface area contributed by atoms with Gasteiger partial charge < -0.3 is 10.1 Å². The van der Waals surface area contributed by atoms with Crippen molar-refractivity contribution in [1.29, 1.82) is 0 Å². The molecule has 2 rings (SSSR count). The standard InChI is InChI=1S/C17H18BrClN2O4S/c1-3-11-5-4-6-13(7-11)21-16(22)10-20-26(23,24)15-9-12(19)8-14(18)17(15)25-2/h4-9,20H,3,10H2,1-2H3,(H,21,22). The van der Waals surface area contributed by atoms with Gasteiger partial charge >= 0.3 is 0 Å². The van der Waals surface area contributed by atoms with Gasteiger partial charge in [-0.2, -0.15) is 0 Å². The van der Waals surface area contributed by atoms with Gasteiger partial charge in [0, 0.05) is 10.7 Å². The van der Waals surface area contributed by atoms with Crippen LogP contribution in [0.25, 0.3) is 0 Å². The molecule has 6 nitrogen and oxygen atoms in total. The Hall–Kier alpha value is -1.61. The molecule has 0 heterocycles. The summed E-state index contributed by atoms with van der Waals surface area (Å²) in [5.74, 6) is -0.375. The molecule has 0 atom stereocenters. The minimum absolute atomic E-state index is 0.109. The van der Waals surface area contributed by atoms with Crippen LogP contribution in [0.5, 0.6) is 5.75 Å². The van der Waals surface area contributed by atoms with Gasteiger partial charge in [0.2, 0.25) is 15.9 Å². The molecular weight excluding hydrogens is 444 g/mol. The molecule has 0 fully saturated rings. The number of rotatable bonds is 7. The van der Waals surface area contributed by atoms with Crippen LogP contribution in [-0.4, -0.2) is 28.0 Å². The van der Waals surface area contributed by atoms with Gasteiger partial charge in [0.25, 0.3) is 0 Å². The zero-order valence-corrected chi connectivity index (χ0v) is 17.3. The van der Waals surface area contributed by atoms with E-state index in [0.29, 0.717) is 10.2 Å². The van der Waals surface area contributed by atoms with Crippen molar-refractivity contribution >= 4 is 49.1 Å². The predicted molar refractivity (Wildman–Crippen MR) is 105 cm³/mol. The van der Waals surface area contributed by atoms with Crippen LogP contribution in [-0.2, 0) is 21.2 Å². The lowest BCUT2D eigenvalue weighted by Crippen LogP contribution is -2.33. The molecule has 0 aromatic heterocycles. The molecule has 0 radical (unpaired) electrons. The van der Waals surface area contributed by atoms with Crippen LogP contribution in [0.4, 0.5) is 5.69 Å². The molecule has 0 aliphatic rings. The van der Waals surface area contributed by atoms with Crippen molar-refractivity contribution in [2.24, 2.45) is 0 Å². The summed E-state index contributed by atoms with van der Waals surface area (Å²) in [4.78, 5) is 11.9. The van der Waals surface area contributed by atoms with Crippen molar-refractivity contribution < 1.29 is 17.9 Å². The third kappa shape index (κ3) is 5.20. The summed E-state index contributed by atoms with van der Waals surface area (Å²) >= 11 is 9.13. The molecule has 0 saturated heterocycles. The summed E-state index contributed by atoms with van der Waals surface area (Å²) < 4.78 is 32.8. The van der Waals surface area contributed by atoms with Gasteiger partial charge in [0.1, 0.15) is 4.90 Å². The molecular formula is C17H18BrClN2O4S. The third-order valence-electron chi connectivity index (χ3n) is 3.51. The van der Waals surface area contributed by atoms with Crippen LogP contribution < -0.4 is 14.8 Å². The zero-order chi connectivity index (χ0) is 19.3. The number of nitrogens with one attached hydrogen (secondary N) is 2. The molecule has 9 heteroatoms. The van der Waals surface area contributed by atoms with E-state index in [1.165, 1.54) is 19.2 Å². The first kappa shape index (κ1) is 20.7. The molecule has 0 spiro atoms. The average molecular weight is 462 g/mol. The number of carbonyl (C=O) groups excluding carboxylic acids is 1. The van der Waals surface area contributed by atoms with Gasteiger partial charge in [-0.3, -0.25) is 4.79 Å². The van der Waals surface area contributed by atoms with Crippen molar-refractivity contribution in [2.75, 3.05) is 19.0 Å². The summed E-state index contributed by atoms with van der Waals surface area (Å²) in [5, 5.41) is 2.88. The molecule has 26 heavy (non-hydrogen) atoms.